The molecule has 1 unspecified atom stereocenters. The van der Waals surface area contributed by atoms with Crippen molar-refractivity contribution in [2.24, 2.45) is 0 Å². The van der Waals surface area contributed by atoms with Gasteiger partial charge in [0.25, 0.3) is 0 Å². The van der Waals surface area contributed by atoms with Crippen LogP contribution < -0.4 is 16.0 Å². The van der Waals surface area contributed by atoms with E-state index in [1.807, 2.05) is 12.1 Å². The maximum atomic E-state index is 12.4. The lowest BCUT2D eigenvalue weighted by Crippen LogP contribution is -2.41. The maximum Gasteiger partial charge on any atom is 0.338 e. The fourth-order valence-corrected chi connectivity index (χ4v) is 3.94. The number of hydrogen-bond donors (Lipinski definition) is 3. The van der Waals surface area contributed by atoms with E-state index in [1.165, 1.54) is 42.5 Å². The first-order valence-corrected chi connectivity index (χ1v) is 11.3. The molecule has 0 bridgehead atoms. The van der Waals surface area contributed by atoms with Crippen molar-refractivity contribution in [3.8, 4) is 0 Å². The smallest absolute Gasteiger partial charge is 0.338 e. The lowest BCUT2D eigenvalue weighted by molar-refractivity contribution is -0.122. The van der Waals surface area contributed by atoms with E-state index in [9.17, 15) is 19.2 Å². The van der Waals surface area contributed by atoms with Crippen molar-refractivity contribution in [2.75, 3.05) is 22.6 Å². The van der Waals surface area contributed by atoms with Gasteiger partial charge in [-0.05, 0) is 54.6 Å². The number of esters is 1. The van der Waals surface area contributed by atoms with Crippen molar-refractivity contribution in [1.29, 1.82) is 0 Å². The van der Waals surface area contributed by atoms with Gasteiger partial charge in [-0.2, -0.15) is 0 Å². The number of hydrogen-bond acceptors (Lipinski definition) is 6. The molecule has 35 heavy (non-hydrogen) atoms. The fraction of sp³-hybridized carbons (Fsp3) is 0.120. The number of para-hydroxylation sites is 2. The Labute approximate surface area is 210 Å². The van der Waals surface area contributed by atoms with E-state index in [2.05, 4.69) is 16.0 Å². The molecule has 178 valence electrons. The standard InChI is InChI=1S/C25H19Cl2N3O5/c26-15-7-10-17(18(27)11-15)22(31)13-35-25(34)14-5-8-16(9-6-14)28-23(32)12-21-24(33)30-20-4-2-1-3-19(20)29-21/h1-11,21,29H,12-13H2,(H,28,32)(H,30,33). The predicted molar refractivity (Wildman–Crippen MR) is 133 cm³/mol. The zero-order chi connectivity index (χ0) is 24.9. The second-order valence-corrected chi connectivity index (χ2v) is 8.53. The molecule has 0 saturated carbocycles. The van der Waals surface area contributed by atoms with Crippen molar-refractivity contribution in [3.05, 3.63) is 87.9 Å². The van der Waals surface area contributed by atoms with Gasteiger partial charge in [-0.1, -0.05) is 35.3 Å². The minimum absolute atomic E-state index is 0.0840. The largest absolute Gasteiger partial charge is 0.454 e. The van der Waals surface area contributed by atoms with Crippen LogP contribution in [-0.4, -0.2) is 36.2 Å². The summed E-state index contributed by atoms with van der Waals surface area (Å²) in [5, 5.41) is 9.07. The lowest BCUT2D eigenvalue weighted by Gasteiger charge is -2.26. The number of ketones is 1. The van der Waals surface area contributed by atoms with Crippen LogP contribution in [0.3, 0.4) is 0 Å². The topological polar surface area (TPSA) is 114 Å². The van der Waals surface area contributed by atoms with Crippen LogP contribution >= 0.6 is 23.2 Å². The average Bonchev–Trinajstić information content (AvgIpc) is 2.83. The van der Waals surface area contributed by atoms with Crippen LogP contribution in [-0.2, 0) is 14.3 Å². The van der Waals surface area contributed by atoms with E-state index in [0.29, 0.717) is 16.4 Å². The van der Waals surface area contributed by atoms with Crippen LogP contribution in [0.15, 0.2) is 66.7 Å². The molecular weight excluding hydrogens is 493 g/mol. The van der Waals surface area contributed by atoms with E-state index < -0.39 is 24.4 Å². The predicted octanol–water partition coefficient (Wildman–Crippen LogP) is 4.79. The summed E-state index contributed by atoms with van der Waals surface area (Å²) < 4.78 is 5.07. The Bertz CT molecular complexity index is 1310. The second kappa shape index (κ2) is 10.6. The van der Waals surface area contributed by atoms with Gasteiger partial charge in [0.15, 0.2) is 6.61 Å². The van der Waals surface area contributed by atoms with Crippen LogP contribution in [0.4, 0.5) is 17.1 Å². The molecule has 8 nitrogen and oxygen atoms in total. The van der Waals surface area contributed by atoms with Crippen molar-refractivity contribution < 1.29 is 23.9 Å². The molecule has 0 saturated heterocycles. The number of nitrogens with one attached hydrogen (secondary N) is 3. The highest BCUT2D eigenvalue weighted by Crippen LogP contribution is 2.27. The Morgan fingerprint density at radius 2 is 1.66 bits per heavy atom. The molecule has 0 fully saturated rings. The van der Waals surface area contributed by atoms with Gasteiger partial charge in [0, 0.05) is 16.3 Å². The third-order valence-corrected chi connectivity index (χ3v) is 5.74. The monoisotopic (exact) mass is 511 g/mol. The zero-order valence-corrected chi connectivity index (χ0v) is 19.7. The van der Waals surface area contributed by atoms with E-state index in [1.54, 1.807) is 12.1 Å². The van der Waals surface area contributed by atoms with Gasteiger partial charge in [-0.25, -0.2) is 4.79 Å². The summed E-state index contributed by atoms with van der Waals surface area (Å²) in [7, 11) is 0. The van der Waals surface area contributed by atoms with Crippen molar-refractivity contribution in [3.63, 3.8) is 0 Å². The SMILES string of the molecule is O=C(CC1Nc2ccccc2NC1=O)Nc1ccc(C(=O)OCC(=O)c2ccc(Cl)cc2Cl)cc1. The fourth-order valence-electron chi connectivity index (χ4n) is 3.43. The first-order valence-electron chi connectivity index (χ1n) is 10.5. The Morgan fingerprint density at radius 1 is 0.943 bits per heavy atom. The van der Waals surface area contributed by atoms with Gasteiger partial charge in [-0.3, -0.25) is 14.4 Å². The highest BCUT2D eigenvalue weighted by Gasteiger charge is 2.27. The van der Waals surface area contributed by atoms with Gasteiger partial charge >= 0.3 is 5.97 Å². The highest BCUT2D eigenvalue weighted by atomic mass is 35.5. The summed E-state index contributed by atoms with van der Waals surface area (Å²) in [6.45, 7) is -0.488. The number of anilines is 3. The van der Waals surface area contributed by atoms with Crippen LogP contribution in [0.2, 0.25) is 10.0 Å². The minimum Gasteiger partial charge on any atom is -0.454 e. The summed E-state index contributed by atoms with van der Waals surface area (Å²) >= 11 is 11.8. The maximum absolute atomic E-state index is 12.4. The summed E-state index contributed by atoms with van der Waals surface area (Å²) in [5.41, 5.74) is 2.24. The molecule has 1 aliphatic rings. The molecule has 1 aliphatic heterocycles. The molecule has 0 aromatic heterocycles. The molecule has 0 aliphatic carbocycles. The molecule has 1 atom stereocenters. The van der Waals surface area contributed by atoms with Gasteiger partial charge in [-0.15, -0.1) is 0 Å². The number of halogens is 2. The first-order chi connectivity index (χ1) is 16.8. The van der Waals surface area contributed by atoms with Crippen LogP contribution in [0.1, 0.15) is 27.1 Å². The molecule has 4 rings (SSSR count). The van der Waals surface area contributed by atoms with Gasteiger partial charge < -0.3 is 20.7 Å². The average molecular weight is 512 g/mol. The first kappa shape index (κ1) is 24.3. The van der Waals surface area contributed by atoms with E-state index >= 15 is 0 Å². The third-order valence-electron chi connectivity index (χ3n) is 5.19. The molecule has 0 spiro atoms. The molecule has 0 radical (unpaired) electrons. The molecule has 10 heteroatoms. The van der Waals surface area contributed by atoms with Crippen LogP contribution in [0, 0.1) is 0 Å². The molecule has 3 aromatic rings. The van der Waals surface area contributed by atoms with Crippen LogP contribution in [0.25, 0.3) is 0 Å². The summed E-state index contributed by atoms with van der Waals surface area (Å²) in [4.78, 5) is 49.2. The highest BCUT2D eigenvalue weighted by molar-refractivity contribution is 6.36. The summed E-state index contributed by atoms with van der Waals surface area (Å²) in [6, 6.07) is 16.9. The summed E-state index contributed by atoms with van der Waals surface area (Å²) in [6.07, 6.45) is -0.0840. The molecular formula is C25H19Cl2N3O5. The number of fused-ring (bicyclic) bond motifs is 1. The number of rotatable bonds is 7. The van der Waals surface area contributed by atoms with E-state index in [-0.39, 0.29) is 34.4 Å². The normalized spacial score (nSPS) is 14.2. The van der Waals surface area contributed by atoms with E-state index in [0.717, 1.165) is 5.69 Å². The van der Waals surface area contributed by atoms with Gasteiger partial charge in [0.2, 0.25) is 17.6 Å². The molecule has 3 N–H and O–H groups in total. The molecule has 3 aromatic carbocycles. The minimum atomic E-state index is -0.717. The number of ether oxygens (including phenoxy) is 1. The number of Topliss-reactive ketones (excluding diaryl/α,β-unsaturated/α-hetero) is 1. The molecule has 2 amide bonds. The Morgan fingerprint density at radius 3 is 2.37 bits per heavy atom. The third kappa shape index (κ3) is 5.98. The van der Waals surface area contributed by atoms with Crippen molar-refractivity contribution >= 4 is 63.8 Å². The van der Waals surface area contributed by atoms with Gasteiger partial charge in [0.1, 0.15) is 6.04 Å². The Balaban J connectivity index is 1.29. The molecule has 1 heterocycles. The Hall–Kier alpha value is -3.88. The number of carbonyl (C=O) groups is 4. The van der Waals surface area contributed by atoms with Crippen molar-refractivity contribution in [2.45, 2.75) is 12.5 Å². The van der Waals surface area contributed by atoms with E-state index in [4.69, 9.17) is 27.9 Å². The van der Waals surface area contributed by atoms with Crippen molar-refractivity contribution in [1.82, 2.24) is 0 Å². The zero-order valence-electron chi connectivity index (χ0n) is 18.1. The lowest BCUT2D eigenvalue weighted by atomic mass is 10.1. The number of benzene rings is 3. The second-order valence-electron chi connectivity index (χ2n) is 7.68. The quantitative estimate of drug-likeness (QED) is 0.310. The number of carbonyl (C=O) groups excluding carboxylic acids is 4. The Kier molecular flexibility index (Phi) is 7.33. The number of amides is 2. The van der Waals surface area contributed by atoms with Crippen LogP contribution in [0.5, 0.6) is 0 Å². The summed E-state index contributed by atoms with van der Waals surface area (Å²) in [5.74, 6) is -1.85. The van der Waals surface area contributed by atoms with Gasteiger partial charge in [0.05, 0.1) is 28.4 Å².